The van der Waals surface area contributed by atoms with Gasteiger partial charge in [-0.15, -0.1) is 0 Å². The lowest BCUT2D eigenvalue weighted by atomic mass is 10.1. The van der Waals surface area contributed by atoms with E-state index in [4.69, 9.17) is 4.74 Å². The lowest BCUT2D eigenvalue weighted by Crippen LogP contribution is -2.39. The van der Waals surface area contributed by atoms with Crippen LogP contribution >= 0.6 is 0 Å². The third kappa shape index (κ3) is 6.45. The van der Waals surface area contributed by atoms with Gasteiger partial charge in [0.15, 0.2) is 9.84 Å². The van der Waals surface area contributed by atoms with Gasteiger partial charge >= 0.3 is 0 Å². The Morgan fingerprint density at radius 2 is 1.88 bits per heavy atom. The summed E-state index contributed by atoms with van der Waals surface area (Å²) in [5, 5.41) is 2.82. The van der Waals surface area contributed by atoms with Crippen LogP contribution in [0.2, 0.25) is 0 Å². The molecule has 0 aromatic carbocycles. The SMILES string of the molecule is CCOC(C)(C)CNCCS(=O)(=O)C(C)C. The second-order valence-electron chi connectivity index (χ2n) is 4.79. The van der Waals surface area contributed by atoms with Gasteiger partial charge in [-0.25, -0.2) is 8.42 Å². The molecule has 0 saturated carbocycles. The summed E-state index contributed by atoms with van der Waals surface area (Å²) in [6, 6.07) is 0. The molecule has 0 aromatic heterocycles. The molecule has 0 atom stereocenters. The van der Waals surface area contributed by atoms with Crippen LogP contribution in [0.1, 0.15) is 34.6 Å². The van der Waals surface area contributed by atoms with Gasteiger partial charge in [-0.3, -0.25) is 0 Å². The monoisotopic (exact) mass is 251 g/mol. The van der Waals surface area contributed by atoms with Crippen molar-refractivity contribution in [3.8, 4) is 0 Å². The smallest absolute Gasteiger partial charge is 0.153 e. The maximum atomic E-state index is 11.5. The van der Waals surface area contributed by atoms with Crippen LogP contribution < -0.4 is 5.32 Å². The van der Waals surface area contributed by atoms with Gasteiger partial charge < -0.3 is 10.1 Å². The summed E-state index contributed by atoms with van der Waals surface area (Å²) >= 11 is 0. The molecule has 16 heavy (non-hydrogen) atoms. The zero-order chi connectivity index (χ0) is 12.8. The molecule has 0 heterocycles. The first-order chi connectivity index (χ1) is 7.21. The predicted molar refractivity (Wildman–Crippen MR) is 67.5 cm³/mol. The lowest BCUT2D eigenvalue weighted by Gasteiger charge is -2.25. The van der Waals surface area contributed by atoms with Crippen molar-refractivity contribution < 1.29 is 13.2 Å². The fraction of sp³-hybridized carbons (Fsp3) is 1.00. The highest BCUT2D eigenvalue weighted by Gasteiger charge is 2.18. The highest BCUT2D eigenvalue weighted by molar-refractivity contribution is 7.92. The zero-order valence-corrected chi connectivity index (χ0v) is 11.9. The average Bonchev–Trinajstić information content (AvgIpc) is 2.12. The van der Waals surface area contributed by atoms with Gasteiger partial charge in [-0.1, -0.05) is 0 Å². The van der Waals surface area contributed by atoms with E-state index in [9.17, 15) is 8.42 Å². The van der Waals surface area contributed by atoms with Crippen LogP contribution in [0, 0.1) is 0 Å². The van der Waals surface area contributed by atoms with E-state index >= 15 is 0 Å². The predicted octanol–water partition coefficient (Wildman–Crippen LogP) is 1.21. The summed E-state index contributed by atoms with van der Waals surface area (Å²) < 4.78 is 28.5. The Morgan fingerprint density at radius 1 is 1.31 bits per heavy atom. The maximum Gasteiger partial charge on any atom is 0.153 e. The molecule has 0 fully saturated rings. The quantitative estimate of drug-likeness (QED) is 0.659. The van der Waals surface area contributed by atoms with Crippen LogP contribution in [-0.2, 0) is 14.6 Å². The Morgan fingerprint density at radius 3 is 2.31 bits per heavy atom. The van der Waals surface area contributed by atoms with Crippen LogP contribution in [0.4, 0.5) is 0 Å². The minimum atomic E-state index is -2.93. The van der Waals surface area contributed by atoms with Crippen molar-refractivity contribution in [2.45, 2.75) is 45.5 Å². The number of sulfone groups is 1. The fourth-order valence-electron chi connectivity index (χ4n) is 1.28. The molecule has 0 aliphatic rings. The molecule has 4 nitrogen and oxygen atoms in total. The molecule has 0 saturated heterocycles. The van der Waals surface area contributed by atoms with Crippen LogP contribution in [-0.4, -0.2) is 44.7 Å². The number of rotatable bonds is 8. The van der Waals surface area contributed by atoms with Gasteiger partial charge in [0, 0.05) is 19.7 Å². The zero-order valence-electron chi connectivity index (χ0n) is 11.0. The van der Waals surface area contributed by atoms with Crippen molar-refractivity contribution in [1.29, 1.82) is 0 Å². The maximum absolute atomic E-state index is 11.5. The van der Waals surface area contributed by atoms with Crippen LogP contribution in [0.15, 0.2) is 0 Å². The van der Waals surface area contributed by atoms with Crippen molar-refractivity contribution in [2.75, 3.05) is 25.4 Å². The molecule has 0 amide bonds. The minimum absolute atomic E-state index is 0.187. The third-order valence-corrected chi connectivity index (χ3v) is 4.58. The minimum Gasteiger partial charge on any atom is -0.375 e. The molecular formula is C11H25NO3S. The average molecular weight is 251 g/mol. The second-order valence-corrected chi connectivity index (χ2v) is 7.46. The van der Waals surface area contributed by atoms with E-state index in [1.54, 1.807) is 13.8 Å². The molecule has 0 spiro atoms. The molecule has 1 N–H and O–H groups in total. The molecule has 0 rings (SSSR count). The first kappa shape index (κ1) is 15.9. The first-order valence-corrected chi connectivity index (χ1v) is 7.49. The molecule has 0 aliphatic heterocycles. The Balaban J connectivity index is 3.85. The number of hydrogen-bond donors (Lipinski definition) is 1. The standard InChI is InChI=1S/C11H25NO3S/c1-6-15-11(4,5)9-12-7-8-16(13,14)10(2)3/h10,12H,6-9H2,1-5H3. The van der Waals surface area contributed by atoms with Crippen molar-refractivity contribution in [1.82, 2.24) is 5.32 Å². The van der Waals surface area contributed by atoms with E-state index in [-0.39, 0.29) is 16.6 Å². The van der Waals surface area contributed by atoms with Gasteiger partial charge in [0.1, 0.15) is 0 Å². The van der Waals surface area contributed by atoms with Crippen molar-refractivity contribution in [3.63, 3.8) is 0 Å². The van der Waals surface area contributed by atoms with Crippen molar-refractivity contribution in [2.24, 2.45) is 0 Å². The van der Waals surface area contributed by atoms with Crippen molar-refractivity contribution in [3.05, 3.63) is 0 Å². The van der Waals surface area contributed by atoms with Gasteiger partial charge in [0.2, 0.25) is 0 Å². The molecule has 0 radical (unpaired) electrons. The molecule has 0 unspecified atom stereocenters. The summed E-state index contributed by atoms with van der Waals surface area (Å²) in [6.45, 7) is 11.1. The summed E-state index contributed by atoms with van der Waals surface area (Å²) in [6.07, 6.45) is 0. The summed E-state index contributed by atoms with van der Waals surface area (Å²) in [5.74, 6) is 0.187. The van der Waals surface area contributed by atoms with Crippen molar-refractivity contribution >= 4 is 9.84 Å². The summed E-state index contributed by atoms with van der Waals surface area (Å²) in [4.78, 5) is 0. The van der Waals surface area contributed by atoms with E-state index in [1.165, 1.54) is 0 Å². The molecule has 5 heteroatoms. The molecule has 0 aromatic rings. The van der Waals surface area contributed by atoms with Gasteiger partial charge in [0.05, 0.1) is 16.6 Å². The largest absolute Gasteiger partial charge is 0.375 e. The molecule has 0 bridgehead atoms. The highest BCUT2D eigenvalue weighted by Crippen LogP contribution is 2.06. The molecule has 98 valence electrons. The van der Waals surface area contributed by atoms with Gasteiger partial charge in [-0.2, -0.15) is 0 Å². The third-order valence-electron chi connectivity index (χ3n) is 2.37. The van der Waals surface area contributed by atoms with E-state index < -0.39 is 9.84 Å². The molecule has 0 aliphatic carbocycles. The van der Waals surface area contributed by atoms with Crippen LogP contribution in [0.3, 0.4) is 0 Å². The summed E-state index contributed by atoms with van der Waals surface area (Å²) in [5.41, 5.74) is -0.240. The number of nitrogens with one attached hydrogen (secondary N) is 1. The van der Waals surface area contributed by atoms with Crippen LogP contribution in [0.25, 0.3) is 0 Å². The van der Waals surface area contributed by atoms with E-state index in [0.29, 0.717) is 19.7 Å². The Kier molecular flexibility index (Phi) is 6.51. The fourth-order valence-corrected chi connectivity index (χ4v) is 2.18. The van der Waals surface area contributed by atoms with Crippen LogP contribution in [0.5, 0.6) is 0 Å². The number of hydrogen-bond acceptors (Lipinski definition) is 4. The number of ether oxygens (including phenoxy) is 1. The van der Waals surface area contributed by atoms with E-state index in [0.717, 1.165) is 0 Å². The van der Waals surface area contributed by atoms with Gasteiger partial charge in [-0.05, 0) is 34.6 Å². The highest BCUT2D eigenvalue weighted by atomic mass is 32.2. The Hall–Kier alpha value is -0.130. The first-order valence-electron chi connectivity index (χ1n) is 5.77. The summed E-state index contributed by atoms with van der Waals surface area (Å²) in [7, 11) is -2.93. The Labute approximate surface area is 99.7 Å². The van der Waals surface area contributed by atoms with Gasteiger partial charge in [0.25, 0.3) is 0 Å². The topological polar surface area (TPSA) is 55.4 Å². The van der Waals surface area contributed by atoms with E-state index in [2.05, 4.69) is 5.32 Å². The second kappa shape index (κ2) is 6.57. The Bertz CT molecular complexity index is 284. The lowest BCUT2D eigenvalue weighted by molar-refractivity contribution is -0.00836. The normalized spacial score (nSPS) is 13.4. The van der Waals surface area contributed by atoms with E-state index in [1.807, 2.05) is 20.8 Å². The molecular weight excluding hydrogens is 226 g/mol.